The summed E-state index contributed by atoms with van der Waals surface area (Å²) in [5, 5.41) is 0. The van der Waals surface area contributed by atoms with Crippen LogP contribution in [0.5, 0.6) is 0 Å². The van der Waals surface area contributed by atoms with Crippen LogP contribution in [-0.4, -0.2) is 13.1 Å². The van der Waals surface area contributed by atoms with Crippen molar-refractivity contribution >= 4 is 23.3 Å². The van der Waals surface area contributed by atoms with Gasteiger partial charge in [0.15, 0.2) is 0 Å². The van der Waals surface area contributed by atoms with Gasteiger partial charge in [0.1, 0.15) is 0 Å². The van der Waals surface area contributed by atoms with E-state index in [1.54, 1.807) is 0 Å². The van der Waals surface area contributed by atoms with Crippen molar-refractivity contribution in [1.82, 2.24) is 0 Å². The van der Waals surface area contributed by atoms with Crippen molar-refractivity contribution in [3.8, 4) is 0 Å². The van der Waals surface area contributed by atoms with E-state index in [0.29, 0.717) is 5.57 Å². The normalized spacial score (nSPS) is 19.0. The van der Waals surface area contributed by atoms with Crippen molar-refractivity contribution in [2.45, 2.75) is 37.0 Å². The number of hydrogen-bond acceptors (Lipinski definition) is 3. The quantitative estimate of drug-likeness (QED) is 0.717. The van der Waals surface area contributed by atoms with Crippen molar-refractivity contribution in [3.05, 3.63) is 57.5 Å². The Morgan fingerprint density at radius 3 is 2.91 bits per heavy atom. The molecule has 1 aliphatic heterocycles. The molecule has 0 N–H and O–H groups in total. The molecule has 0 unspecified atom stereocenters. The Morgan fingerprint density at radius 2 is 2.05 bits per heavy atom. The molecule has 1 aromatic rings. The van der Waals surface area contributed by atoms with E-state index in [4.69, 9.17) is 4.74 Å². The van der Waals surface area contributed by atoms with Gasteiger partial charge in [-0.25, -0.2) is 4.79 Å². The third-order valence-corrected chi connectivity index (χ3v) is 5.88. The maximum Gasteiger partial charge on any atom is 0.338 e. The summed E-state index contributed by atoms with van der Waals surface area (Å²) in [5.74, 6) is -0.243. The van der Waals surface area contributed by atoms with Crippen LogP contribution in [0.15, 0.2) is 45.7 Å². The lowest BCUT2D eigenvalue weighted by Crippen LogP contribution is -2.05. The van der Waals surface area contributed by atoms with Crippen LogP contribution in [0.4, 0.5) is 0 Å². The molecule has 0 bridgehead atoms. The second-order valence-corrected chi connectivity index (χ2v) is 6.94. The fourth-order valence-electron chi connectivity index (χ4n) is 3.49. The highest BCUT2D eigenvalue weighted by atomic mass is 32.2. The van der Waals surface area contributed by atoms with Crippen LogP contribution >= 0.6 is 11.8 Å². The molecule has 1 heterocycles. The van der Waals surface area contributed by atoms with Crippen molar-refractivity contribution in [1.29, 1.82) is 0 Å². The summed E-state index contributed by atoms with van der Waals surface area (Å²) in [6.07, 6.45) is 12.2. The monoisotopic (exact) mass is 310 g/mol. The van der Waals surface area contributed by atoms with Gasteiger partial charge in [0, 0.05) is 15.4 Å². The van der Waals surface area contributed by atoms with Crippen molar-refractivity contribution in [3.63, 3.8) is 0 Å². The SMILES string of the molecule is COC(=O)C1=CC2=CCCC=C2Sc2c1ccc1c2CCC1. The number of carbonyl (C=O) groups is 1. The molecular weight excluding hydrogens is 292 g/mol. The zero-order chi connectivity index (χ0) is 15.1. The van der Waals surface area contributed by atoms with Crippen LogP contribution in [0.25, 0.3) is 5.57 Å². The summed E-state index contributed by atoms with van der Waals surface area (Å²) in [6.45, 7) is 0. The molecular formula is C19H18O2S. The van der Waals surface area contributed by atoms with Gasteiger partial charge < -0.3 is 4.74 Å². The average Bonchev–Trinajstić information content (AvgIpc) is 2.96. The molecule has 2 nitrogen and oxygen atoms in total. The van der Waals surface area contributed by atoms with E-state index in [-0.39, 0.29) is 5.97 Å². The van der Waals surface area contributed by atoms with E-state index < -0.39 is 0 Å². The molecule has 0 radical (unpaired) electrons. The fraction of sp³-hybridized carbons (Fsp3) is 0.316. The Labute approximate surface area is 134 Å². The van der Waals surface area contributed by atoms with Gasteiger partial charge in [-0.05, 0) is 54.9 Å². The van der Waals surface area contributed by atoms with E-state index in [1.807, 2.05) is 17.8 Å². The fourth-order valence-corrected chi connectivity index (χ4v) is 4.81. The Morgan fingerprint density at radius 1 is 1.18 bits per heavy atom. The number of aryl methyl sites for hydroxylation is 1. The average molecular weight is 310 g/mol. The smallest absolute Gasteiger partial charge is 0.338 e. The van der Waals surface area contributed by atoms with Crippen LogP contribution in [0.3, 0.4) is 0 Å². The Balaban J connectivity index is 1.95. The first kappa shape index (κ1) is 13.9. The molecule has 0 fully saturated rings. The zero-order valence-electron chi connectivity index (χ0n) is 12.6. The number of rotatable bonds is 1. The van der Waals surface area contributed by atoms with Gasteiger partial charge in [-0.1, -0.05) is 36.0 Å². The summed E-state index contributed by atoms with van der Waals surface area (Å²) in [4.78, 5) is 14.9. The van der Waals surface area contributed by atoms with Crippen molar-refractivity contribution in [2.75, 3.05) is 7.11 Å². The number of hydrogen-bond donors (Lipinski definition) is 0. The number of ether oxygens (including phenoxy) is 1. The second kappa shape index (κ2) is 5.47. The Hall–Kier alpha value is -1.74. The molecule has 0 saturated carbocycles. The van der Waals surface area contributed by atoms with E-state index in [2.05, 4.69) is 24.3 Å². The predicted molar refractivity (Wildman–Crippen MR) is 89.7 cm³/mol. The Bertz CT molecular complexity index is 753. The van der Waals surface area contributed by atoms with Crippen LogP contribution < -0.4 is 0 Å². The molecule has 3 aliphatic rings. The molecule has 1 aromatic carbocycles. The number of methoxy groups -OCH3 is 1. The van der Waals surface area contributed by atoms with Crippen molar-refractivity contribution < 1.29 is 9.53 Å². The maximum absolute atomic E-state index is 12.3. The third-order valence-electron chi connectivity index (χ3n) is 4.58. The molecule has 3 heteroatoms. The lowest BCUT2D eigenvalue weighted by molar-refractivity contribution is -0.133. The molecule has 0 atom stereocenters. The minimum absolute atomic E-state index is 0.243. The van der Waals surface area contributed by atoms with Crippen LogP contribution in [0.1, 0.15) is 36.0 Å². The summed E-state index contributed by atoms with van der Waals surface area (Å²) < 4.78 is 5.04. The van der Waals surface area contributed by atoms with Crippen molar-refractivity contribution in [2.24, 2.45) is 0 Å². The van der Waals surface area contributed by atoms with Gasteiger partial charge in [-0.3, -0.25) is 0 Å². The van der Waals surface area contributed by atoms with Crippen LogP contribution in [0.2, 0.25) is 0 Å². The highest BCUT2D eigenvalue weighted by molar-refractivity contribution is 8.03. The standard InChI is InChI=1S/C19H18O2S/c1-21-19(20)16-11-13-5-2-3-8-17(13)22-18-14-7-4-6-12(14)9-10-15(16)18/h5,8-11H,2-4,6-7H2,1H3. The lowest BCUT2D eigenvalue weighted by atomic mass is 9.97. The molecule has 0 saturated heterocycles. The summed E-state index contributed by atoms with van der Waals surface area (Å²) in [7, 11) is 1.46. The van der Waals surface area contributed by atoms with E-state index in [1.165, 1.54) is 40.0 Å². The first-order valence-electron chi connectivity index (χ1n) is 7.81. The minimum Gasteiger partial charge on any atom is -0.465 e. The molecule has 0 aromatic heterocycles. The molecule has 0 amide bonds. The molecule has 0 spiro atoms. The summed E-state index contributed by atoms with van der Waals surface area (Å²) in [6, 6.07) is 4.30. The topological polar surface area (TPSA) is 26.3 Å². The van der Waals surface area contributed by atoms with Gasteiger partial charge in [0.25, 0.3) is 0 Å². The first-order chi connectivity index (χ1) is 10.8. The van der Waals surface area contributed by atoms with Crippen LogP contribution in [0, 0.1) is 0 Å². The number of benzene rings is 1. The van der Waals surface area contributed by atoms with E-state index >= 15 is 0 Å². The lowest BCUT2D eigenvalue weighted by Gasteiger charge is -2.15. The molecule has 2 aliphatic carbocycles. The van der Waals surface area contributed by atoms with E-state index in [0.717, 1.165) is 31.2 Å². The van der Waals surface area contributed by atoms with Gasteiger partial charge in [-0.15, -0.1) is 0 Å². The second-order valence-electron chi connectivity index (χ2n) is 5.89. The predicted octanol–water partition coefficient (Wildman–Crippen LogP) is 4.44. The van der Waals surface area contributed by atoms with Crippen LogP contribution in [-0.2, 0) is 22.4 Å². The minimum atomic E-state index is -0.243. The molecule has 4 rings (SSSR count). The molecule has 22 heavy (non-hydrogen) atoms. The number of esters is 1. The highest BCUT2D eigenvalue weighted by Crippen LogP contribution is 2.47. The number of allylic oxidation sites excluding steroid dienone is 4. The maximum atomic E-state index is 12.3. The van der Waals surface area contributed by atoms with Gasteiger partial charge in [-0.2, -0.15) is 0 Å². The first-order valence-corrected chi connectivity index (χ1v) is 8.63. The van der Waals surface area contributed by atoms with Gasteiger partial charge in [0.05, 0.1) is 12.7 Å². The van der Waals surface area contributed by atoms with Gasteiger partial charge in [0.2, 0.25) is 0 Å². The Kier molecular flexibility index (Phi) is 3.45. The number of thioether (sulfide) groups is 1. The largest absolute Gasteiger partial charge is 0.465 e. The van der Waals surface area contributed by atoms with E-state index in [9.17, 15) is 4.79 Å². The highest BCUT2D eigenvalue weighted by Gasteiger charge is 2.27. The third kappa shape index (κ3) is 2.15. The zero-order valence-corrected chi connectivity index (χ0v) is 13.5. The number of fused-ring (bicyclic) bond motifs is 4. The molecule has 112 valence electrons. The number of carbonyl (C=O) groups excluding carboxylic acids is 1. The summed E-state index contributed by atoms with van der Waals surface area (Å²) >= 11 is 1.83. The summed E-state index contributed by atoms with van der Waals surface area (Å²) in [5.41, 5.74) is 5.77. The van der Waals surface area contributed by atoms with Gasteiger partial charge >= 0.3 is 5.97 Å².